The van der Waals surface area contributed by atoms with E-state index in [2.05, 4.69) is 26.1 Å². The molecule has 0 bridgehead atoms. The number of hydrogen-bond donors (Lipinski definition) is 1. The molecule has 1 aromatic carbocycles. The van der Waals surface area contributed by atoms with E-state index >= 15 is 0 Å². The molecule has 94 valence electrons. The minimum atomic E-state index is -0.307. The highest BCUT2D eigenvalue weighted by Gasteiger charge is 2.18. The Hall–Kier alpha value is -1.42. The van der Waals surface area contributed by atoms with Gasteiger partial charge in [0.25, 0.3) is 5.69 Å². The molecule has 17 heavy (non-hydrogen) atoms. The second kappa shape index (κ2) is 6.35. The molecule has 1 aromatic rings. The highest BCUT2D eigenvalue weighted by atomic mass is 16.6. The lowest BCUT2D eigenvalue weighted by molar-refractivity contribution is -0.385. The summed E-state index contributed by atoms with van der Waals surface area (Å²) in [4.78, 5) is 10.6. The number of hydrogen-bond acceptors (Lipinski definition) is 3. The van der Waals surface area contributed by atoms with Crippen molar-refractivity contribution in [2.75, 3.05) is 6.54 Å². The molecule has 0 aromatic heterocycles. The number of nitrogens with zero attached hydrogens (tertiary/aromatic N) is 1. The maximum Gasteiger partial charge on any atom is 0.272 e. The number of rotatable bonds is 6. The van der Waals surface area contributed by atoms with Crippen LogP contribution in [-0.4, -0.2) is 17.5 Å². The van der Waals surface area contributed by atoms with Gasteiger partial charge in [0.15, 0.2) is 0 Å². The summed E-state index contributed by atoms with van der Waals surface area (Å²) in [6.45, 7) is 7.18. The Morgan fingerprint density at radius 2 is 2.00 bits per heavy atom. The van der Waals surface area contributed by atoms with E-state index in [-0.39, 0.29) is 16.7 Å². The van der Waals surface area contributed by atoms with Crippen molar-refractivity contribution in [2.24, 2.45) is 5.92 Å². The van der Waals surface area contributed by atoms with Crippen LogP contribution in [0.15, 0.2) is 24.3 Å². The zero-order valence-electron chi connectivity index (χ0n) is 10.6. The van der Waals surface area contributed by atoms with Crippen LogP contribution in [0.4, 0.5) is 5.69 Å². The van der Waals surface area contributed by atoms with E-state index in [0.717, 1.165) is 12.1 Å². The SMILES string of the molecule is CCNC(Cc1ccccc1[N+](=O)[O-])C(C)C. The van der Waals surface area contributed by atoms with Crippen molar-refractivity contribution in [3.8, 4) is 0 Å². The van der Waals surface area contributed by atoms with Gasteiger partial charge in [0, 0.05) is 17.7 Å². The smallest absolute Gasteiger partial charge is 0.272 e. The molecule has 1 unspecified atom stereocenters. The van der Waals surface area contributed by atoms with Crippen LogP contribution in [-0.2, 0) is 6.42 Å². The summed E-state index contributed by atoms with van der Waals surface area (Å²) in [6, 6.07) is 7.25. The third-order valence-corrected chi connectivity index (χ3v) is 2.90. The molecule has 1 rings (SSSR count). The van der Waals surface area contributed by atoms with Gasteiger partial charge in [-0.15, -0.1) is 0 Å². The van der Waals surface area contributed by atoms with Crippen LogP contribution in [0, 0.1) is 16.0 Å². The molecular weight excluding hydrogens is 216 g/mol. The van der Waals surface area contributed by atoms with Gasteiger partial charge in [-0.05, 0) is 18.9 Å². The first-order chi connectivity index (χ1) is 8.06. The standard InChI is InChI=1S/C13H20N2O2/c1-4-14-12(10(2)3)9-11-7-5-6-8-13(11)15(16)17/h5-8,10,12,14H,4,9H2,1-3H3. The van der Waals surface area contributed by atoms with Crippen LogP contribution in [0.3, 0.4) is 0 Å². The number of benzene rings is 1. The Balaban J connectivity index is 2.88. The lowest BCUT2D eigenvalue weighted by Crippen LogP contribution is -2.35. The van der Waals surface area contributed by atoms with E-state index in [0.29, 0.717) is 12.3 Å². The van der Waals surface area contributed by atoms with Crippen molar-refractivity contribution >= 4 is 5.69 Å². The molecule has 0 saturated heterocycles. The van der Waals surface area contributed by atoms with Crippen LogP contribution >= 0.6 is 0 Å². The van der Waals surface area contributed by atoms with Gasteiger partial charge in [-0.3, -0.25) is 10.1 Å². The van der Waals surface area contributed by atoms with E-state index < -0.39 is 0 Å². The predicted octanol–water partition coefficient (Wildman–Crippen LogP) is 2.77. The van der Waals surface area contributed by atoms with Crippen LogP contribution in [0.25, 0.3) is 0 Å². The number of nitro benzene ring substituents is 1. The maximum atomic E-state index is 10.9. The highest BCUT2D eigenvalue weighted by molar-refractivity contribution is 5.40. The minimum Gasteiger partial charge on any atom is -0.314 e. The van der Waals surface area contributed by atoms with Crippen molar-refractivity contribution in [3.05, 3.63) is 39.9 Å². The Bertz CT molecular complexity index is 377. The molecule has 1 atom stereocenters. The Morgan fingerprint density at radius 3 is 2.53 bits per heavy atom. The number of para-hydroxylation sites is 1. The van der Waals surface area contributed by atoms with Gasteiger partial charge in [-0.25, -0.2) is 0 Å². The monoisotopic (exact) mass is 236 g/mol. The second-order valence-corrected chi connectivity index (χ2v) is 4.50. The second-order valence-electron chi connectivity index (χ2n) is 4.50. The van der Waals surface area contributed by atoms with Gasteiger partial charge in [0.2, 0.25) is 0 Å². The molecule has 4 nitrogen and oxygen atoms in total. The lowest BCUT2D eigenvalue weighted by Gasteiger charge is -2.21. The fourth-order valence-electron chi connectivity index (χ4n) is 1.90. The maximum absolute atomic E-state index is 10.9. The summed E-state index contributed by atoms with van der Waals surface area (Å²) < 4.78 is 0. The van der Waals surface area contributed by atoms with Crippen molar-refractivity contribution < 1.29 is 4.92 Å². The Labute approximate surface area is 102 Å². The normalized spacial score (nSPS) is 12.7. The van der Waals surface area contributed by atoms with Gasteiger partial charge in [-0.1, -0.05) is 39.0 Å². The molecule has 0 fully saturated rings. The summed E-state index contributed by atoms with van der Waals surface area (Å²) >= 11 is 0. The van der Waals surface area contributed by atoms with Crippen molar-refractivity contribution in [3.63, 3.8) is 0 Å². The van der Waals surface area contributed by atoms with Crippen molar-refractivity contribution in [1.29, 1.82) is 0 Å². The van der Waals surface area contributed by atoms with Gasteiger partial charge in [0.05, 0.1) is 4.92 Å². The molecule has 0 saturated carbocycles. The Kier molecular flexibility index (Phi) is 5.10. The van der Waals surface area contributed by atoms with Gasteiger partial charge >= 0.3 is 0 Å². The van der Waals surface area contributed by atoms with Crippen LogP contribution < -0.4 is 5.32 Å². The highest BCUT2D eigenvalue weighted by Crippen LogP contribution is 2.21. The summed E-state index contributed by atoms with van der Waals surface area (Å²) in [5.74, 6) is 0.453. The topological polar surface area (TPSA) is 55.2 Å². The average Bonchev–Trinajstić information content (AvgIpc) is 2.28. The lowest BCUT2D eigenvalue weighted by atomic mass is 9.95. The minimum absolute atomic E-state index is 0.219. The fourth-order valence-corrected chi connectivity index (χ4v) is 1.90. The van der Waals surface area contributed by atoms with E-state index in [1.54, 1.807) is 12.1 Å². The van der Waals surface area contributed by atoms with E-state index in [9.17, 15) is 10.1 Å². The van der Waals surface area contributed by atoms with E-state index in [4.69, 9.17) is 0 Å². The quantitative estimate of drug-likeness (QED) is 0.610. The zero-order valence-corrected chi connectivity index (χ0v) is 10.6. The van der Waals surface area contributed by atoms with Gasteiger partial charge in [-0.2, -0.15) is 0 Å². The van der Waals surface area contributed by atoms with Gasteiger partial charge < -0.3 is 5.32 Å². The molecule has 0 radical (unpaired) electrons. The Morgan fingerprint density at radius 1 is 1.35 bits per heavy atom. The van der Waals surface area contributed by atoms with Crippen LogP contribution in [0.2, 0.25) is 0 Å². The molecule has 1 N–H and O–H groups in total. The van der Waals surface area contributed by atoms with Crippen LogP contribution in [0.1, 0.15) is 26.3 Å². The molecule has 0 aliphatic heterocycles. The van der Waals surface area contributed by atoms with Crippen molar-refractivity contribution in [1.82, 2.24) is 5.32 Å². The predicted molar refractivity (Wildman–Crippen MR) is 69.1 cm³/mol. The van der Waals surface area contributed by atoms with E-state index in [1.807, 2.05) is 12.1 Å². The molecular formula is C13H20N2O2. The zero-order chi connectivity index (χ0) is 12.8. The number of nitrogens with one attached hydrogen (secondary N) is 1. The third kappa shape index (κ3) is 3.82. The first-order valence-electron chi connectivity index (χ1n) is 6.02. The van der Waals surface area contributed by atoms with Crippen LogP contribution in [0.5, 0.6) is 0 Å². The largest absolute Gasteiger partial charge is 0.314 e. The molecule has 0 spiro atoms. The number of likely N-dealkylation sites (N-methyl/N-ethyl adjacent to an activating group) is 1. The molecule has 0 heterocycles. The van der Waals surface area contributed by atoms with Crippen molar-refractivity contribution in [2.45, 2.75) is 33.2 Å². The number of nitro groups is 1. The first kappa shape index (κ1) is 13.6. The summed E-state index contributed by atoms with van der Waals surface area (Å²) in [5.41, 5.74) is 1.02. The third-order valence-electron chi connectivity index (χ3n) is 2.90. The molecule has 0 aliphatic rings. The molecule has 0 amide bonds. The summed E-state index contributed by atoms with van der Waals surface area (Å²) in [6.07, 6.45) is 0.697. The fraction of sp³-hybridized carbons (Fsp3) is 0.538. The summed E-state index contributed by atoms with van der Waals surface area (Å²) in [7, 11) is 0. The average molecular weight is 236 g/mol. The van der Waals surface area contributed by atoms with Gasteiger partial charge in [0.1, 0.15) is 0 Å². The molecule has 4 heteroatoms. The summed E-state index contributed by atoms with van der Waals surface area (Å²) in [5, 5.41) is 14.3. The first-order valence-corrected chi connectivity index (χ1v) is 6.02. The molecule has 0 aliphatic carbocycles. The van der Waals surface area contributed by atoms with E-state index in [1.165, 1.54) is 0 Å².